The molecule has 24 heavy (non-hydrogen) atoms. The second-order valence-electron chi connectivity index (χ2n) is 8.08. The molecule has 1 saturated carbocycles. The van der Waals surface area contributed by atoms with Gasteiger partial charge in [0.05, 0.1) is 18.5 Å². The number of hydrogen-bond acceptors (Lipinski definition) is 5. The molecule has 6 nitrogen and oxygen atoms in total. The number of ether oxygens (including phenoxy) is 1. The molecule has 0 radical (unpaired) electrons. The Balaban J connectivity index is 2.77. The third-order valence-corrected chi connectivity index (χ3v) is 5.16. The van der Waals surface area contributed by atoms with Crippen LogP contribution in [0.15, 0.2) is 12.2 Å². The summed E-state index contributed by atoms with van der Waals surface area (Å²) >= 11 is 0. The van der Waals surface area contributed by atoms with E-state index in [1.807, 2.05) is 6.08 Å². The van der Waals surface area contributed by atoms with Crippen LogP contribution in [-0.2, 0) is 14.3 Å². The molecule has 0 aromatic carbocycles. The van der Waals surface area contributed by atoms with E-state index in [2.05, 4.69) is 39.1 Å². The Bertz CT molecular complexity index is 458. The molecule has 1 fully saturated rings. The summed E-state index contributed by atoms with van der Waals surface area (Å²) in [6.07, 6.45) is 6.04. The number of hydrogen-bond donors (Lipinski definition) is 3. The van der Waals surface area contributed by atoms with Crippen molar-refractivity contribution in [3.05, 3.63) is 12.2 Å². The highest BCUT2D eigenvalue weighted by molar-refractivity contribution is 5.73. The van der Waals surface area contributed by atoms with Gasteiger partial charge >= 0.3 is 5.97 Å². The Labute approximate surface area is 144 Å². The summed E-state index contributed by atoms with van der Waals surface area (Å²) in [4.78, 5) is 21.8. The molecule has 0 aromatic heterocycles. The van der Waals surface area contributed by atoms with Gasteiger partial charge in [-0.1, -0.05) is 39.8 Å². The van der Waals surface area contributed by atoms with E-state index in [4.69, 9.17) is 15.6 Å². The lowest BCUT2D eigenvalue weighted by Crippen LogP contribution is -2.50. The number of aldehydes is 1. The molecule has 0 saturated heterocycles. The first-order valence-corrected chi connectivity index (χ1v) is 8.43. The molecule has 0 amide bonds. The Morgan fingerprint density at radius 1 is 1.33 bits per heavy atom. The van der Waals surface area contributed by atoms with Crippen LogP contribution in [-0.4, -0.2) is 42.8 Å². The van der Waals surface area contributed by atoms with Gasteiger partial charge in [0, 0.05) is 7.11 Å². The highest BCUT2D eigenvalue weighted by atomic mass is 16.5. The van der Waals surface area contributed by atoms with Crippen molar-refractivity contribution in [1.29, 1.82) is 0 Å². The molecule has 1 aliphatic rings. The minimum Gasteiger partial charge on any atom is -0.481 e. The van der Waals surface area contributed by atoms with E-state index in [0.717, 1.165) is 0 Å². The molecular weight excluding hydrogens is 308 g/mol. The number of nitrogens with one attached hydrogen (secondary N) is 1. The van der Waals surface area contributed by atoms with Crippen LogP contribution in [0.1, 0.15) is 47.0 Å². The maximum absolute atomic E-state index is 11.0. The van der Waals surface area contributed by atoms with Gasteiger partial charge in [0.15, 0.2) is 0 Å². The SMILES string of the molecule is COC(N[C@H](C=O)CC(=O)O)C(N)C=CC1C(C)(C)CCC1(C)C. The van der Waals surface area contributed by atoms with Crippen molar-refractivity contribution in [1.82, 2.24) is 5.32 Å². The summed E-state index contributed by atoms with van der Waals surface area (Å²) in [6, 6.07) is -1.30. The van der Waals surface area contributed by atoms with Crippen LogP contribution < -0.4 is 11.1 Å². The summed E-state index contributed by atoms with van der Waals surface area (Å²) in [5.74, 6) is -0.650. The summed E-state index contributed by atoms with van der Waals surface area (Å²) in [6.45, 7) is 9.07. The maximum atomic E-state index is 11.0. The smallest absolute Gasteiger partial charge is 0.305 e. The summed E-state index contributed by atoms with van der Waals surface area (Å²) in [7, 11) is 1.48. The van der Waals surface area contributed by atoms with Gasteiger partial charge in [0.1, 0.15) is 12.5 Å². The second kappa shape index (κ2) is 8.23. The zero-order valence-electron chi connectivity index (χ0n) is 15.4. The highest BCUT2D eigenvalue weighted by Crippen LogP contribution is 2.54. The molecule has 0 spiro atoms. The fourth-order valence-electron chi connectivity index (χ4n) is 3.76. The van der Waals surface area contributed by atoms with Crippen molar-refractivity contribution in [2.24, 2.45) is 22.5 Å². The minimum atomic E-state index is -1.05. The van der Waals surface area contributed by atoms with E-state index >= 15 is 0 Å². The molecular formula is C18H32N2O4. The quantitative estimate of drug-likeness (QED) is 0.337. The number of nitrogens with two attached hydrogens (primary N) is 1. The van der Waals surface area contributed by atoms with Crippen molar-refractivity contribution >= 4 is 12.3 Å². The van der Waals surface area contributed by atoms with Crippen LogP contribution in [0, 0.1) is 16.7 Å². The van der Waals surface area contributed by atoms with E-state index in [9.17, 15) is 9.59 Å². The first-order chi connectivity index (χ1) is 11.0. The number of aliphatic carboxylic acids is 1. The Hall–Kier alpha value is -1.24. The van der Waals surface area contributed by atoms with Crippen LogP contribution >= 0.6 is 0 Å². The van der Waals surface area contributed by atoms with Crippen LogP contribution in [0.25, 0.3) is 0 Å². The second-order valence-corrected chi connectivity index (χ2v) is 8.08. The lowest BCUT2D eigenvalue weighted by atomic mass is 9.72. The van der Waals surface area contributed by atoms with Gasteiger partial charge < -0.3 is 20.4 Å². The van der Waals surface area contributed by atoms with Crippen LogP contribution in [0.3, 0.4) is 0 Å². The molecule has 1 rings (SSSR count). The summed E-state index contributed by atoms with van der Waals surface area (Å²) in [5, 5.41) is 11.7. The van der Waals surface area contributed by atoms with Gasteiger partial charge in [-0.25, -0.2) is 0 Å². The van der Waals surface area contributed by atoms with Crippen molar-refractivity contribution in [3.63, 3.8) is 0 Å². The van der Waals surface area contributed by atoms with Gasteiger partial charge in [-0.2, -0.15) is 0 Å². The number of carboxylic acid groups (broad SMARTS) is 1. The maximum Gasteiger partial charge on any atom is 0.305 e. The molecule has 0 bridgehead atoms. The molecule has 6 heteroatoms. The Morgan fingerprint density at radius 2 is 1.88 bits per heavy atom. The van der Waals surface area contributed by atoms with Gasteiger partial charge in [-0.15, -0.1) is 0 Å². The lowest BCUT2D eigenvalue weighted by Gasteiger charge is -2.33. The van der Waals surface area contributed by atoms with E-state index in [1.54, 1.807) is 0 Å². The fourth-order valence-corrected chi connectivity index (χ4v) is 3.76. The summed E-state index contributed by atoms with van der Waals surface area (Å²) in [5.41, 5.74) is 6.61. The number of rotatable bonds is 9. The van der Waals surface area contributed by atoms with E-state index < -0.39 is 24.3 Å². The monoisotopic (exact) mass is 340 g/mol. The summed E-state index contributed by atoms with van der Waals surface area (Å²) < 4.78 is 5.31. The molecule has 0 aliphatic heterocycles. The number of carbonyl (C=O) groups excluding carboxylic acids is 1. The van der Waals surface area contributed by atoms with Gasteiger partial charge in [0.25, 0.3) is 0 Å². The van der Waals surface area contributed by atoms with Gasteiger partial charge in [-0.3, -0.25) is 10.1 Å². The van der Waals surface area contributed by atoms with Gasteiger partial charge in [-0.05, 0) is 29.6 Å². The topological polar surface area (TPSA) is 102 Å². The molecule has 1 aliphatic carbocycles. The predicted molar refractivity (Wildman–Crippen MR) is 93.4 cm³/mol. The van der Waals surface area contributed by atoms with Crippen molar-refractivity contribution < 1.29 is 19.4 Å². The average molecular weight is 340 g/mol. The highest BCUT2D eigenvalue weighted by Gasteiger charge is 2.45. The normalized spacial score (nSPS) is 23.9. The van der Waals surface area contributed by atoms with Crippen molar-refractivity contribution in [3.8, 4) is 0 Å². The first kappa shape index (κ1) is 20.8. The van der Waals surface area contributed by atoms with Crippen LogP contribution in [0.2, 0.25) is 0 Å². The molecule has 2 unspecified atom stereocenters. The molecule has 4 N–H and O–H groups in total. The molecule has 138 valence electrons. The van der Waals surface area contributed by atoms with E-state index in [0.29, 0.717) is 12.2 Å². The molecule has 0 aromatic rings. The van der Waals surface area contributed by atoms with Crippen LogP contribution in [0.4, 0.5) is 0 Å². The Morgan fingerprint density at radius 3 is 2.29 bits per heavy atom. The molecule has 3 atom stereocenters. The number of carboxylic acids is 1. The Kier molecular flexibility index (Phi) is 7.13. The van der Waals surface area contributed by atoms with E-state index in [-0.39, 0.29) is 17.3 Å². The minimum absolute atomic E-state index is 0.213. The van der Waals surface area contributed by atoms with Crippen molar-refractivity contribution in [2.45, 2.75) is 65.3 Å². The average Bonchev–Trinajstić information content (AvgIpc) is 2.69. The fraction of sp³-hybridized carbons (Fsp3) is 0.778. The zero-order valence-corrected chi connectivity index (χ0v) is 15.4. The number of carbonyl (C=O) groups is 2. The number of allylic oxidation sites excluding steroid dienone is 1. The van der Waals surface area contributed by atoms with Gasteiger partial charge in [0.2, 0.25) is 0 Å². The van der Waals surface area contributed by atoms with E-state index in [1.165, 1.54) is 20.0 Å². The number of methoxy groups -OCH3 is 1. The molecule has 0 heterocycles. The van der Waals surface area contributed by atoms with Crippen LogP contribution in [0.5, 0.6) is 0 Å². The predicted octanol–water partition coefficient (Wildman–Crippen LogP) is 1.94. The standard InChI is InChI=1S/C18H32N2O4/c1-17(2)8-9-18(3,4)14(17)7-6-13(19)16(24-5)20-12(11-21)10-15(22)23/h6-7,11-14,16,20H,8-10,19H2,1-5H3,(H,22,23)/t12-,13?,16?/m0/s1. The van der Waals surface area contributed by atoms with Crippen molar-refractivity contribution in [2.75, 3.05) is 7.11 Å². The zero-order chi connectivity index (χ0) is 18.5. The third-order valence-electron chi connectivity index (χ3n) is 5.16. The first-order valence-electron chi connectivity index (χ1n) is 8.43. The largest absolute Gasteiger partial charge is 0.481 e. The lowest BCUT2D eigenvalue weighted by molar-refractivity contribution is -0.138. The third kappa shape index (κ3) is 5.40.